The number of rotatable bonds is 6. The Morgan fingerprint density at radius 1 is 1.21 bits per heavy atom. The molecule has 0 radical (unpaired) electrons. The molecule has 124 valence electrons. The maximum absolute atomic E-state index is 13.0. The van der Waals surface area contributed by atoms with Gasteiger partial charge in [0.25, 0.3) is 5.92 Å². The highest BCUT2D eigenvalue weighted by atomic mass is 19.3. The average Bonchev–Trinajstić information content (AvgIpc) is 2.98. The number of hydrogen-bond acceptors (Lipinski definition) is 5. The van der Waals surface area contributed by atoms with Gasteiger partial charge in [-0.05, 0) is 24.3 Å². The summed E-state index contributed by atoms with van der Waals surface area (Å²) < 4.78 is 36.6. The van der Waals surface area contributed by atoms with Crippen LogP contribution < -0.4 is 10.1 Å². The molecule has 1 aliphatic rings. The second-order valence-electron chi connectivity index (χ2n) is 5.78. The maximum atomic E-state index is 13.0. The first kappa shape index (κ1) is 14.9. The molecule has 1 unspecified atom stereocenters. The lowest BCUT2D eigenvalue weighted by atomic mass is 10.2. The number of fused-ring (bicyclic) bond motifs is 1. The number of nitrogens with one attached hydrogen (secondary N) is 1. The molecule has 1 fully saturated rings. The van der Waals surface area contributed by atoms with Crippen LogP contribution in [0.25, 0.3) is 10.9 Å². The van der Waals surface area contributed by atoms with E-state index in [2.05, 4.69) is 15.3 Å². The third-order valence-corrected chi connectivity index (χ3v) is 3.96. The zero-order chi connectivity index (χ0) is 16.6. The first-order valence-electron chi connectivity index (χ1n) is 7.65. The highest BCUT2D eigenvalue weighted by Gasteiger charge is 2.57. The van der Waals surface area contributed by atoms with Gasteiger partial charge in [0, 0.05) is 11.8 Å². The van der Waals surface area contributed by atoms with Crippen LogP contribution in [-0.4, -0.2) is 22.5 Å². The van der Waals surface area contributed by atoms with Crippen molar-refractivity contribution in [2.75, 3.05) is 11.9 Å². The van der Waals surface area contributed by atoms with Crippen molar-refractivity contribution < 1.29 is 17.9 Å². The summed E-state index contributed by atoms with van der Waals surface area (Å²) in [5.74, 6) is -2.02. The molecule has 0 spiro atoms. The Balaban J connectivity index is 1.56. The Hall–Kier alpha value is -2.70. The summed E-state index contributed by atoms with van der Waals surface area (Å²) in [7, 11) is 0. The number of anilines is 1. The number of para-hydroxylation sites is 1. The fourth-order valence-electron chi connectivity index (χ4n) is 2.46. The van der Waals surface area contributed by atoms with Gasteiger partial charge in [-0.15, -0.1) is 0 Å². The van der Waals surface area contributed by atoms with Gasteiger partial charge in [0.2, 0.25) is 0 Å². The Morgan fingerprint density at radius 2 is 2.04 bits per heavy atom. The minimum Gasteiger partial charge on any atom is -0.467 e. The first-order valence-corrected chi connectivity index (χ1v) is 7.65. The van der Waals surface area contributed by atoms with Crippen LogP contribution >= 0.6 is 0 Å². The van der Waals surface area contributed by atoms with Crippen molar-refractivity contribution in [3.05, 3.63) is 48.4 Å². The number of aromatic nitrogens is 2. The SMILES string of the molecule is FC1(F)CC1COc1nc(NCc2ccco2)c2ccccc2n1. The smallest absolute Gasteiger partial charge is 0.318 e. The number of nitrogens with zero attached hydrogens (tertiary/aromatic N) is 2. The van der Waals surface area contributed by atoms with Crippen LogP contribution in [0.4, 0.5) is 14.6 Å². The second kappa shape index (κ2) is 5.74. The quantitative estimate of drug-likeness (QED) is 0.743. The first-order chi connectivity index (χ1) is 11.6. The fourth-order valence-corrected chi connectivity index (χ4v) is 2.46. The molecule has 7 heteroatoms. The molecule has 0 bridgehead atoms. The van der Waals surface area contributed by atoms with Crippen molar-refractivity contribution >= 4 is 16.7 Å². The number of hydrogen-bond donors (Lipinski definition) is 1. The average molecular weight is 331 g/mol. The minimum atomic E-state index is -2.61. The molecular weight excluding hydrogens is 316 g/mol. The molecule has 4 rings (SSSR count). The fraction of sp³-hybridized carbons (Fsp3) is 0.294. The van der Waals surface area contributed by atoms with E-state index in [0.29, 0.717) is 17.9 Å². The van der Waals surface area contributed by atoms with Gasteiger partial charge in [-0.2, -0.15) is 9.97 Å². The van der Waals surface area contributed by atoms with Gasteiger partial charge in [0.15, 0.2) is 0 Å². The van der Waals surface area contributed by atoms with E-state index < -0.39 is 11.8 Å². The summed E-state index contributed by atoms with van der Waals surface area (Å²) in [6.07, 6.45) is 1.46. The van der Waals surface area contributed by atoms with Gasteiger partial charge in [0.1, 0.15) is 18.2 Å². The zero-order valence-electron chi connectivity index (χ0n) is 12.7. The lowest BCUT2D eigenvalue weighted by molar-refractivity contribution is 0.0843. The van der Waals surface area contributed by atoms with E-state index in [-0.39, 0.29) is 19.0 Å². The molecular formula is C17H15F2N3O2. The van der Waals surface area contributed by atoms with Crippen molar-refractivity contribution in [1.82, 2.24) is 9.97 Å². The number of furan rings is 1. The van der Waals surface area contributed by atoms with Gasteiger partial charge in [-0.3, -0.25) is 0 Å². The molecule has 3 aromatic rings. The molecule has 1 N–H and O–H groups in total. The summed E-state index contributed by atoms with van der Waals surface area (Å²) >= 11 is 0. The van der Waals surface area contributed by atoms with Crippen molar-refractivity contribution in [2.45, 2.75) is 18.9 Å². The number of benzene rings is 1. The molecule has 2 aromatic heterocycles. The van der Waals surface area contributed by atoms with Crippen molar-refractivity contribution in [1.29, 1.82) is 0 Å². The predicted molar refractivity (Wildman–Crippen MR) is 84.1 cm³/mol. The number of halogens is 2. The van der Waals surface area contributed by atoms with Gasteiger partial charge >= 0.3 is 6.01 Å². The van der Waals surface area contributed by atoms with E-state index in [4.69, 9.17) is 9.15 Å². The summed E-state index contributed by atoms with van der Waals surface area (Å²) in [5.41, 5.74) is 0.687. The molecule has 1 aliphatic carbocycles. The van der Waals surface area contributed by atoms with Gasteiger partial charge < -0.3 is 14.5 Å². The molecule has 5 nitrogen and oxygen atoms in total. The van der Waals surface area contributed by atoms with Crippen LogP contribution in [0.1, 0.15) is 12.2 Å². The molecule has 24 heavy (non-hydrogen) atoms. The molecule has 1 aromatic carbocycles. The van der Waals surface area contributed by atoms with Crippen LogP contribution in [0.15, 0.2) is 47.1 Å². The third kappa shape index (κ3) is 3.02. The van der Waals surface area contributed by atoms with E-state index in [0.717, 1.165) is 11.1 Å². The summed E-state index contributed by atoms with van der Waals surface area (Å²) in [6.45, 7) is 0.372. The highest BCUT2D eigenvalue weighted by Crippen LogP contribution is 2.48. The normalized spacial score (nSPS) is 18.5. The van der Waals surface area contributed by atoms with Crippen molar-refractivity contribution in [3.8, 4) is 6.01 Å². The Bertz CT molecular complexity index is 852. The number of alkyl halides is 2. The van der Waals surface area contributed by atoms with Gasteiger partial charge in [0.05, 0.1) is 24.2 Å². The van der Waals surface area contributed by atoms with Crippen LogP contribution in [0.2, 0.25) is 0 Å². The lowest BCUT2D eigenvalue weighted by Crippen LogP contribution is -2.09. The summed E-state index contributed by atoms with van der Waals surface area (Å²) in [5, 5.41) is 4.00. The Kier molecular flexibility index (Phi) is 3.55. The van der Waals surface area contributed by atoms with Gasteiger partial charge in [-0.1, -0.05) is 12.1 Å². The third-order valence-electron chi connectivity index (χ3n) is 3.96. The molecule has 1 saturated carbocycles. The van der Waals surface area contributed by atoms with E-state index in [1.807, 2.05) is 30.3 Å². The highest BCUT2D eigenvalue weighted by molar-refractivity contribution is 5.89. The largest absolute Gasteiger partial charge is 0.467 e. The number of ether oxygens (including phenoxy) is 1. The predicted octanol–water partition coefficient (Wildman–Crippen LogP) is 3.87. The van der Waals surface area contributed by atoms with Crippen LogP contribution in [0.3, 0.4) is 0 Å². The van der Waals surface area contributed by atoms with Gasteiger partial charge in [-0.25, -0.2) is 8.78 Å². The minimum absolute atomic E-state index is 0.0804. The van der Waals surface area contributed by atoms with Crippen LogP contribution in [-0.2, 0) is 6.54 Å². The van der Waals surface area contributed by atoms with Crippen LogP contribution in [0, 0.1) is 5.92 Å². The zero-order valence-corrected chi connectivity index (χ0v) is 12.7. The summed E-state index contributed by atoms with van der Waals surface area (Å²) in [4.78, 5) is 8.60. The Labute approximate surface area is 136 Å². The van der Waals surface area contributed by atoms with Crippen molar-refractivity contribution in [2.24, 2.45) is 5.92 Å². The summed E-state index contributed by atoms with van der Waals surface area (Å²) in [6, 6.07) is 11.2. The maximum Gasteiger partial charge on any atom is 0.318 e. The second-order valence-corrected chi connectivity index (χ2v) is 5.78. The monoisotopic (exact) mass is 331 g/mol. The topological polar surface area (TPSA) is 60.2 Å². The molecule has 0 saturated heterocycles. The Morgan fingerprint density at radius 3 is 2.79 bits per heavy atom. The molecule has 0 aliphatic heterocycles. The van der Waals surface area contributed by atoms with Crippen molar-refractivity contribution in [3.63, 3.8) is 0 Å². The van der Waals surface area contributed by atoms with E-state index >= 15 is 0 Å². The van der Waals surface area contributed by atoms with E-state index in [9.17, 15) is 8.78 Å². The lowest BCUT2D eigenvalue weighted by Gasteiger charge is -2.10. The van der Waals surface area contributed by atoms with E-state index in [1.54, 1.807) is 12.3 Å². The van der Waals surface area contributed by atoms with E-state index in [1.165, 1.54) is 0 Å². The molecule has 2 heterocycles. The molecule has 1 atom stereocenters. The van der Waals surface area contributed by atoms with Crippen LogP contribution in [0.5, 0.6) is 6.01 Å². The molecule has 0 amide bonds. The standard InChI is InChI=1S/C17H15F2N3O2/c18-17(19)8-11(17)10-24-16-21-14-6-2-1-5-13(14)15(22-16)20-9-12-4-3-7-23-12/h1-7,11H,8-10H2,(H,20,21,22).